The minimum Gasteiger partial charge on any atom is -0.487 e. The molecule has 2 atom stereocenters. The first kappa shape index (κ1) is 22.6. The predicted octanol–water partition coefficient (Wildman–Crippen LogP) is 4.78. The fourth-order valence-electron chi connectivity index (χ4n) is 3.67. The van der Waals surface area contributed by atoms with Gasteiger partial charge < -0.3 is 20.5 Å². The van der Waals surface area contributed by atoms with Gasteiger partial charge in [0.2, 0.25) is 0 Å². The Morgan fingerprint density at radius 3 is 2.72 bits per heavy atom. The molecule has 7 nitrogen and oxygen atoms in total. The van der Waals surface area contributed by atoms with Crippen molar-refractivity contribution in [2.75, 3.05) is 18.8 Å². The molecule has 2 aromatic heterocycles. The summed E-state index contributed by atoms with van der Waals surface area (Å²) in [6.07, 6.45) is 6.22. The molecule has 32 heavy (non-hydrogen) atoms. The maximum absolute atomic E-state index is 14.7. The third-order valence-electron chi connectivity index (χ3n) is 5.33. The van der Waals surface area contributed by atoms with Crippen LogP contribution >= 0.6 is 23.2 Å². The van der Waals surface area contributed by atoms with Crippen LogP contribution in [0.4, 0.5) is 10.2 Å². The molecule has 0 radical (unpaired) electrons. The number of benzene rings is 1. The second-order valence-corrected chi connectivity index (χ2v) is 8.51. The highest BCUT2D eigenvalue weighted by atomic mass is 35.5. The van der Waals surface area contributed by atoms with Crippen molar-refractivity contribution >= 4 is 29.0 Å². The Bertz CT molecular complexity index is 1120. The molecule has 170 valence electrons. The highest BCUT2D eigenvalue weighted by molar-refractivity contribution is 6.37. The van der Waals surface area contributed by atoms with Gasteiger partial charge in [-0.05, 0) is 32.4 Å². The summed E-state index contributed by atoms with van der Waals surface area (Å²) in [5, 5.41) is 7.52. The maximum atomic E-state index is 14.7. The van der Waals surface area contributed by atoms with Crippen LogP contribution in [0.15, 0.2) is 30.7 Å². The molecule has 3 heterocycles. The van der Waals surface area contributed by atoms with Crippen LogP contribution in [-0.2, 0) is 7.05 Å². The predicted molar refractivity (Wildman–Crippen MR) is 123 cm³/mol. The molecule has 4 rings (SSSR count). The number of hydrogen-bond acceptors (Lipinski definition) is 6. The van der Waals surface area contributed by atoms with Crippen molar-refractivity contribution < 1.29 is 13.9 Å². The highest BCUT2D eigenvalue weighted by Crippen LogP contribution is 2.42. The van der Waals surface area contributed by atoms with Crippen molar-refractivity contribution in [1.29, 1.82) is 0 Å². The molecule has 1 aliphatic heterocycles. The Balaban J connectivity index is 1.62. The standard InChI is InChI=1S/C22H24Cl2FN5O2/c1-12(31-18-6-13(8-28-22(18)26)14-9-29-30(2)11-14)19-20(23)16(25)7-17(21(19)24)32-15-4-3-5-27-10-15/h6-9,11-12,15,27H,3-5,10H2,1-2H3,(H2,26,28). The smallest absolute Gasteiger partial charge is 0.166 e. The second kappa shape index (κ2) is 9.52. The van der Waals surface area contributed by atoms with E-state index >= 15 is 0 Å². The number of ether oxygens (including phenoxy) is 2. The van der Waals surface area contributed by atoms with Crippen molar-refractivity contribution in [2.24, 2.45) is 7.05 Å². The number of hydrogen-bond donors (Lipinski definition) is 2. The van der Waals surface area contributed by atoms with Crippen LogP contribution in [0.5, 0.6) is 11.5 Å². The fourth-order valence-corrected chi connectivity index (χ4v) is 4.37. The van der Waals surface area contributed by atoms with Crippen LogP contribution in [0, 0.1) is 5.82 Å². The molecule has 0 saturated carbocycles. The van der Waals surface area contributed by atoms with E-state index in [9.17, 15) is 4.39 Å². The molecule has 0 spiro atoms. The molecule has 2 unspecified atom stereocenters. The zero-order valence-electron chi connectivity index (χ0n) is 17.7. The first-order chi connectivity index (χ1) is 15.3. The first-order valence-corrected chi connectivity index (χ1v) is 11.0. The zero-order valence-corrected chi connectivity index (χ0v) is 19.3. The fraction of sp³-hybridized carbons (Fsp3) is 0.364. The Kier molecular flexibility index (Phi) is 6.74. The number of nitrogens with two attached hydrogens (primary N) is 1. The largest absolute Gasteiger partial charge is 0.487 e. The van der Waals surface area contributed by atoms with Gasteiger partial charge in [-0.2, -0.15) is 5.10 Å². The number of aryl methyl sites for hydroxylation is 1. The monoisotopic (exact) mass is 479 g/mol. The summed E-state index contributed by atoms with van der Waals surface area (Å²) in [7, 11) is 1.82. The molecule has 1 aromatic carbocycles. The lowest BCUT2D eigenvalue weighted by Gasteiger charge is -2.26. The molecule has 3 aromatic rings. The highest BCUT2D eigenvalue weighted by Gasteiger charge is 2.25. The Morgan fingerprint density at radius 1 is 1.22 bits per heavy atom. The number of halogens is 3. The minimum absolute atomic E-state index is 0.0955. The molecule has 1 aliphatic rings. The average molecular weight is 480 g/mol. The van der Waals surface area contributed by atoms with E-state index in [2.05, 4.69) is 15.4 Å². The van der Waals surface area contributed by atoms with E-state index in [1.165, 1.54) is 6.07 Å². The quantitative estimate of drug-likeness (QED) is 0.494. The van der Waals surface area contributed by atoms with Crippen molar-refractivity contribution in [1.82, 2.24) is 20.1 Å². The van der Waals surface area contributed by atoms with E-state index < -0.39 is 11.9 Å². The summed E-state index contributed by atoms with van der Waals surface area (Å²) in [4.78, 5) is 4.21. The van der Waals surface area contributed by atoms with Gasteiger partial charge in [0.05, 0.1) is 16.2 Å². The van der Waals surface area contributed by atoms with Crippen molar-refractivity contribution in [3.05, 3.63) is 52.1 Å². The van der Waals surface area contributed by atoms with E-state index in [1.54, 1.807) is 30.1 Å². The van der Waals surface area contributed by atoms with Crippen molar-refractivity contribution in [3.63, 3.8) is 0 Å². The average Bonchev–Trinajstić information content (AvgIpc) is 3.21. The first-order valence-electron chi connectivity index (χ1n) is 10.3. The lowest BCUT2D eigenvalue weighted by Crippen LogP contribution is -2.37. The number of aromatic nitrogens is 3. The minimum atomic E-state index is -0.717. The third kappa shape index (κ3) is 4.77. The molecule has 0 amide bonds. The van der Waals surface area contributed by atoms with Gasteiger partial charge in [-0.1, -0.05) is 23.2 Å². The van der Waals surface area contributed by atoms with E-state index in [4.69, 9.17) is 38.4 Å². The Morgan fingerprint density at radius 2 is 2.03 bits per heavy atom. The SMILES string of the molecule is CC(Oc1cc(-c2cnn(C)c2)cnc1N)c1c(Cl)c(F)cc(OC2CCCNC2)c1Cl. The van der Waals surface area contributed by atoms with Crippen LogP contribution < -0.4 is 20.5 Å². The number of nitrogen functional groups attached to an aromatic ring is 1. The van der Waals surface area contributed by atoms with Crippen LogP contribution in [-0.4, -0.2) is 34.0 Å². The number of nitrogens with zero attached hydrogens (tertiary/aromatic N) is 3. The van der Waals surface area contributed by atoms with Crippen molar-refractivity contribution in [2.45, 2.75) is 32.0 Å². The van der Waals surface area contributed by atoms with Gasteiger partial charge >= 0.3 is 0 Å². The maximum Gasteiger partial charge on any atom is 0.166 e. The van der Waals surface area contributed by atoms with Gasteiger partial charge in [0, 0.05) is 48.7 Å². The van der Waals surface area contributed by atoms with Crippen LogP contribution in [0.1, 0.15) is 31.4 Å². The summed E-state index contributed by atoms with van der Waals surface area (Å²) < 4.78 is 28.4. The van der Waals surface area contributed by atoms with Crippen LogP contribution in [0.25, 0.3) is 11.1 Å². The topological polar surface area (TPSA) is 87.2 Å². The molecular weight excluding hydrogens is 456 g/mol. The normalized spacial score (nSPS) is 17.2. The van der Waals surface area contributed by atoms with Gasteiger partial charge in [0.25, 0.3) is 0 Å². The number of anilines is 1. The van der Waals surface area contributed by atoms with Gasteiger partial charge in [0.1, 0.15) is 23.8 Å². The van der Waals surface area contributed by atoms with Gasteiger partial charge in [0.15, 0.2) is 11.6 Å². The molecule has 10 heteroatoms. The van der Waals surface area contributed by atoms with Gasteiger partial charge in [-0.3, -0.25) is 4.68 Å². The number of rotatable bonds is 6. The summed E-state index contributed by atoms with van der Waals surface area (Å²) in [5.41, 5.74) is 7.96. The number of pyridine rings is 1. The molecule has 1 saturated heterocycles. The summed E-state index contributed by atoms with van der Waals surface area (Å²) in [6, 6.07) is 2.97. The van der Waals surface area contributed by atoms with Gasteiger partial charge in [-0.25, -0.2) is 9.37 Å². The Labute approximate surface area is 195 Å². The lowest BCUT2D eigenvalue weighted by molar-refractivity contribution is 0.165. The second-order valence-electron chi connectivity index (χ2n) is 7.75. The van der Waals surface area contributed by atoms with Gasteiger partial charge in [-0.15, -0.1) is 0 Å². The summed E-state index contributed by atoms with van der Waals surface area (Å²) in [6.45, 7) is 3.33. The summed E-state index contributed by atoms with van der Waals surface area (Å²) >= 11 is 12.9. The third-order valence-corrected chi connectivity index (χ3v) is 6.11. The molecule has 3 N–H and O–H groups in total. The van der Waals surface area contributed by atoms with E-state index in [0.717, 1.165) is 30.5 Å². The van der Waals surface area contributed by atoms with Crippen molar-refractivity contribution in [3.8, 4) is 22.6 Å². The molecular formula is C22H24Cl2FN5O2. The van der Waals surface area contributed by atoms with Crippen LogP contribution in [0.2, 0.25) is 10.0 Å². The van der Waals surface area contributed by atoms with E-state index in [0.29, 0.717) is 17.9 Å². The number of nitrogens with one attached hydrogen (secondary N) is 1. The molecule has 0 aliphatic carbocycles. The lowest BCUT2D eigenvalue weighted by atomic mass is 10.1. The Hall–Kier alpha value is -2.55. The van der Waals surface area contributed by atoms with E-state index in [1.807, 2.05) is 13.2 Å². The van der Waals surface area contributed by atoms with Crippen LogP contribution in [0.3, 0.4) is 0 Å². The molecule has 0 bridgehead atoms. The molecule has 1 fully saturated rings. The number of piperidine rings is 1. The van der Waals surface area contributed by atoms with E-state index in [-0.39, 0.29) is 27.7 Å². The zero-order chi connectivity index (χ0) is 22.8. The summed E-state index contributed by atoms with van der Waals surface area (Å²) in [5.74, 6) is 0.130.